The number of rotatable bonds is 4. The molecule has 2 unspecified atom stereocenters. The largest absolute Gasteiger partial charge is 0.393 e. The zero-order chi connectivity index (χ0) is 14.9. The maximum Gasteiger partial charge on any atom is 0.230 e. The second kappa shape index (κ2) is 5.80. The number of hydrogen-bond donors (Lipinski definition) is 2. The topological polar surface area (TPSA) is 49.3 Å². The van der Waals surface area contributed by atoms with E-state index in [1.165, 1.54) is 5.56 Å². The van der Waals surface area contributed by atoms with Crippen molar-refractivity contribution in [3.8, 4) is 0 Å². The van der Waals surface area contributed by atoms with E-state index >= 15 is 0 Å². The first kappa shape index (κ1) is 14.6. The quantitative estimate of drug-likeness (QED) is 0.894. The van der Waals surface area contributed by atoms with Gasteiger partial charge in [0.15, 0.2) is 0 Å². The van der Waals surface area contributed by atoms with Crippen LogP contribution >= 0.6 is 0 Å². The molecule has 3 rings (SSSR count). The summed E-state index contributed by atoms with van der Waals surface area (Å²) in [7, 11) is 0. The molecule has 2 fully saturated rings. The van der Waals surface area contributed by atoms with Crippen molar-refractivity contribution < 1.29 is 9.90 Å². The predicted molar refractivity (Wildman–Crippen MR) is 83.1 cm³/mol. The van der Waals surface area contributed by atoms with Gasteiger partial charge in [-0.15, -0.1) is 0 Å². The zero-order valence-corrected chi connectivity index (χ0v) is 12.8. The molecule has 114 valence electrons. The highest BCUT2D eigenvalue weighted by molar-refractivity contribution is 5.89. The van der Waals surface area contributed by atoms with E-state index < -0.39 is 0 Å². The minimum absolute atomic E-state index is 0.151. The van der Waals surface area contributed by atoms with Gasteiger partial charge in [-0.25, -0.2) is 0 Å². The number of benzene rings is 1. The maximum atomic E-state index is 12.7. The fraction of sp³-hybridized carbons (Fsp3) is 0.611. The van der Waals surface area contributed by atoms with Crippen molar-refractivity contribution >= 4 is 5.91 Å². The van der Waals surface area contributed by atoms with Crippen molar-refractivity contribution in [2.75, 3.05) is 6.54 Å². The molecule has 1 aromatic carbocycles. The molecule has 0 spiro atoms. The van der Waals surface area contributed by atoms with Crippen LogP contribution in [0.1, 0.15) is 49.7 Å². The van der Waals surface area contributed by atoms with Crippen molar-refractivity contribution in [2.45, 2.75) is 57.0 Å². The summed E-state index contributed by atoms with van der Waals surface area (Å²) in [6.07, 6.45) is 5.74. The van der Waals surface area contributed by atoms with E-state index in [0.29, 0.717) is 6.54 Å². The number of aliphatic hydroxyl groups is 1. The average Bonchev–Trinajstić information content (AvgIpc) is 2.81. The Balaban J connectivity index is 1.69. The third-order valence-corrected chi connectivity index (χ3v) is 5.36. The van der Waals surface area contributed by atoms with Gasteiger partial charge in [0.25, 0.3) is 0 Å². The predicted octanol–water partition coefficient (Wildman–Crippen LogP) is 2.69. The minimum atomic E-state index is -0.324. The van der Waals surface area contributed by atoms with E-state index in [9.17, 15) is 9.90 Å². The van der Waals surface area contributed by atoms with Crippen LogP contribution in [0.4, 0.5) is 0 Å². The van der Waals surface area contributed by atoms with Crippen molar-refractivity contribution in [2.24, 2.45) is 5.92 Å². The number of nitrogens with one attached hydrogen (secondary N) is 1. The monoisotopic (exact) mass is 287 g/mol. The number of amides is 1. The summed E-state index contributed by atoms with van der Waals surface area (Å²) in [5.41, 5.74) is 2.03. The highest BCUT2D eigenvalue weighted by atomic mass is 16.3. The molecule has 3 nitrogen and oxygen atoms in total. The van der Waals surface area contributed by atoms with Gasteiger partial charge in [-0.05, 0) is 38.2 Å². The average molecular weight is 287 g/mol. The van der Waals surface area contributed by atoms with E-state index in [1.807, 2.05) is 6.07 Å². The minimum Gasteiger partial charge on any atom is -0.393 e. The second-order valence-corrected chi connectivity index (χ2v) is 6.77. The fourth-order valence-electron chi connectivity index (χ4n) is 3.77. The van der Waals surface area contributed by atoms with Crippen LogP contribution in [0.15, 0.2) is 24.3 Å². The number of carbonyl (C=O) groups excluding carboxylic acids is 1. The van der Waals surface area contributed by atoms with Gasteiger partial charge in [0, 0.05) is 12.5 Å². The zero-order valence-electron chi connectivity index (χ0n) is 12.8. The molecule has 2 aliphatic rings. The normalized spacial score (nSPS) is 27.1. The Morgan fingerprint density at radius 3 is 2.71 bits per heavy atom. The van der Waals surface area contributed by atoms with Gasteiger partial charge in [0.05, 0.1) is 11.5 Å². The molecule has 1 amide bonds. The third kappa shape index (κ3) is 2.71. The van der Waals surface area contributed by atoms with Crippen molar-refractivity contribution in [3.05, 3.63) is 35.4 Å². The molecule has 0 bridgehead atoms. The van der Waals surface area contributed by atoms with Crippen molar-refractivity contribution in [3.63, 3.8) is 0 Å². The van der Waals surface area contributed by atoms with E-state index in [2.05, 4.69) is 30.4 Å². The standard InChI is InChI=1S/C18H25NO2/c1-13-5-2-7-15(11-13)18(9-4-10-18)17(21)19-12-14-6-3-8-16(14)20/h2,5,7,11,14,16,20H,3-4,6,8-10,12H2,1H3,(H,19,21). The van der Waals surface area contributed by atoms with Crippen LogP contribution in [-0.4, -0.2) is 23.7 Å². The van der Waals surface area contributed by atoms with Gasteiger partial charge in [0.1, 0.15) is 0 Å². The van der Waals surface area contributed by atoms with Crippen LogP contribution in [0.5, 0.6) is 0 Å². The molecule has 1 aromatic rings. The number of carbonyl (C=O) groups is 1. The first-order valence-electron chi connectivity index (χ1n) is 8.15. The lowest BCUT2D eigenvalue weighted by Crippen LogP contribution is -2.50. The number of aliphatic hydroxyl groups excluding tert-OH is 1. The number of hydrogen-bond acceptors (Lipinski definition) is 2. The van der Waals surface area contributed by atoms with Gasteiger partial charge in [0.2, 0.25) is 5.91 Å². The molecular formula is C18H25NO2. The Hall–Kier alpha value is -1.35. The van der Waals surface area contributed by atoms with Crippen molar-refractivity contribution in [1.82, 2.24) is 5.32 Å². The van der Waals surface area contributed by atoms with Crippen LogP contribution in [0.25, 0.3) is 0 Å². The molecule has 21 heavy (non-hydrogen) atoms. The van der Waals surface area contributed by atoms with Crippen molar-refractivity contribution in [1.29, 1.82) is 0 Å². The molecule has 2 atom stereocenters. The second-order valence-electron chi connectivity index (χ2n) is 6.77. The third-order valence-electron chi connectivity index (χ3n) is 5.36. The summed E-state index contributed by atoms with van der Waals surface area (Å²) in [6.45, 7) is 2.69. The molecule has 0 radical (unpaired) electrons. The lowest BCUT2D eigenvalue weighted by molar-refractivity contribution is -0.130. The molecule has 0 aliphatic heterocycles. The van der Waals surface area contributed by atoms with Crippen LogP contribution in [0.2, 0.25) is 0 Å². The molecule has 2 N–H and O–H groups in total. The van der Waals surface area contributed by atoms with Crippen LogP contribution < -0.4 is 5.32 Å². The summed E-state index contributed by atoms with van der Waals surface area (Å²) in [4.78, 5) is 12.7. The van der Waals surface area contributed by atoms with Crippen LogP contribution in [0.3, 0.4) is 0 Å². The maximum absolute atomic E-state index is 12.7. The van der Waals surface area contributed by atoms with Gasteiger partial charge in [-0.2, -0.15) is 0 Å². The summed E-state index contributed by atoms with van der Waals surface area (Å²) in [5.74, 6) is 0.391. The molecule has 0 saturated heterocycles. The lowest BCUT2D eigenvalue weighted by atomic mass is 9.63. The highest BCUT2D eigenvalue weighted by Gasteiger charge is 2.45. The Labute approximate surface area is 126 Å². The van der Waals surface area contributed by atoms with E-state index in [4.69, 9.17) is 0 Å². The van der Waals surface area contributed by atoms with E-state index in [0.717, 1.165) is 44.1 Å². The summed E-state index contributed by atoms with van der Waals surface area (Å²) < 4.78 is 0. The smallest absolute Gasteiger partial charge is 0.230 e. The first-order valence-corrected chi connectivity index (χ1v) is 8.15. The SMILES string of the molecule is Cc1cccc(C2(C(=O)NCC3CCCC3O)CCC2)c1. The van der Waals surface area contributed by atoms with Gasteiger partial charge in [-0.3, -0.25) is 4.79 Å². The number of aryl methyl sites for hydroxylation is 1. The van der Waals surface area contributed by atoms with Crippen LogP contribution in [0, 0.1) is 12.8 Å². The molecule has 2 aliphatic carbocycles. The van der Waals surface area contributed by atoms with E-state index in [1.54, 1.807) is 0 Å². The first-order chi connectivity index (χ1) is 10.1. The molecule has 0 heterocycles. The molecule has 0 aromatic heterocycles. The van der Waals surface area contributed by atoms with E-state index in [-0.39, 0.29) is 23.3 Å². The summed E-state index contributed by atoms with van der Waals surface area (Å²) in [6, 6.07) is 8.33. The van der Waals surface area contributed by atoms with Gasteiger partial charge >= 0.3 is 0 Å². The highest BCUT2D eigenvalue weighted by Crippen LogP contribution is 2.44. The molecule has 2 saturated carbocycles. The summed E-state index contributed by atoms with van der Waals surface area (Å²) >= 11 is 0. The summed E-state index contributed by atoms with van der Waals surface area (Å²) in [5, 5.41) is 13.0. The Morgan fingerprint density at radius 2 is 2.14 bits per heavy atom. The fourth-order valence-corrected chi connectivity index (χ4v) is 3.77. The molecular weight excluding hydrogens is 262 g/mol. The van der Waals surface area contributed by atoms with Gasteiger partial charge in [-0.1, -0.05) is 42.7 Å². The Kier molecular flexibility index (Phi) is 4.03. The lowest BCUT2D eigenvalue weighted by Gasteiger charge is -2.41. The Morgan fingerprint density at radius 1 is 1.33 bits per heavy atom. The molecule has 3 heteroatoms. The van der Waals surface area contributed by atoms with Gasteiger partial charge < -0.3 is 10.4 Å². The Bertz CT molecular complexity index is 522. The van der Waals surface area contributed by atoms with Crippen LogP contribution in [-0.2, 0) is 10.2 Å².